The maximum atomic E-state index is 3.85. The van der Waals surface area contributed by atoms with Crippen molar-refractivity contribution in [3.05, 3.63) is 11.7 Å². The van der Waals surface area contributed by atoms with Crippen LogP contribution in [-0.2, 0) is 0 Å². The molecule has 49 valence electrons. The third-order valence-corrected chi connectivity index (χ3v) is 2.05. The van der Waals surface area contributed by atoms with Gasteiger partial charge in [-0.1, -0.05) is 4.49 Å². The lowest BCUT2D eigenvalue weighted by atomic mass is 10.5. The smallest absolute Gasteiger partial charge is 0.210 e. The quantitative estimate of drug-likeness (QED) is 0.635. The van der Waals surface area contributed by atoms with Gasteiger partial charge in [-0.2, -0.15) is 4.37 Å². The monoisotopic (exact) mass is 169 g/mol. The third-order valence-electron chi connectivity index (χ3n) is 0.904. The summed E-state index contributed by atoms with van der Waals surface area (Å²) in [6, 6.07) is 0. The Bertz CT molecular complexity index is 255. The SMILES string of the molecule is [c]1nsc(-c2csnn2)n1. The van der Waals surface area contributed by atoms with Crippen molar-refractivity contribution in [1.82, 2.24) is 18.9 Å². The van der Waals surface area contributed by atoms with Crippen LogP contribution in [0.15, 0.2) is 5.38 Å². The zero-order valence-corrected chi connectivity index (χ0v) is 6.32. The lowest BCUT2D eigenvalue weighted by molar-refractivity contribution is 1.15. The van der Waals surface area contributed by atoms with Crippen molar-refractivity contribution in [2.24, 2.45) is 0 Å². The highest BCUT2D eigenvalue weighted by molar-refractivity contribution is 7.09. The van der Waals surface area contributed by atoms with Gasteiger partial charge in [-0.05, 0) is 23.1 Å². The van der Waals surface area contributed by atoms with Gasteiger partial charge in [0, 0.05) is 5.38 Å². The number of hydrogen-bond acceptors (Lipinski definition) is 6. The molecule has 0 unspecified atom stereocenters. The molecule has 0 aliphatic carbocycles. The molecule has 2 aromatic heterocycles. The molecule has 0 spiro atoms. The molecule has 1 radical (unpaired) electrons. The molecule has 0 bridgehead atoms. The van der Waals surface area contributed by atoms with Gasteiger partial charge in [0.1, 0.15) is 5.69 Å². The topological polar surface area (TPSA) is 51.6 Å². The van der Waals surface area contributed by atoms with Crippen molar-refractivity contribution in [3.63, 3.8) is 0 Å². The van der Waals surface area contributed by atoms with E-state index in [1.165, 1.54) is 23.1 Å². The third kappa shape index (κ3) is 0.910. The van der Waals surface area contributed by atoms with Gasteiger partial charge in [-0.15, -0.1) is 5.10 Å². The van der Waals surface area contributed by atoms with E-state index in [9.17, 15) is 0 Å². The van der Waals surface area contributed by atoms with E-state index in [4.69, 9.17) is 0 Å². The zero-order chi connectivity index (χ0) is 6.81. The van der Waals surface area contributed by atoms with Crippen LogP contribution in [0.5, 0.6) is 0 Å². The summed E-state index contributed by atoms with van der Waals surface area (Å²) in [5, 5.41) is 6.41. The molecule has 2 rings (SSSR count). The second-order valence-corrected chi connectivity index (χ2v) is 2.85. The van der Waals surface area contributed by atoms with Gasteiger partial charge in [0.2, 0.25) is 6.33 Å². The van der Waals surface area contributed by atoms with Crippen molar-refractivity contribution in [2.75, 3.05) is 0 Å². The van der Waals surface area contributed by atoms with E-state index in [1.807, 2.05) is 5.38 Å². The van der Waals surface area contributed by atoms with Gasteiger partial charge in [0.15, 0.2) is 5.01 Å². The molecule has 2 heterocycles. The summed E-state index contributed by atoms with van der Waals surface area (Å²) in [5.41, 5.74) is 0.781. The van der Waals surface area contributed by atoms with E-state index in [0.29, 0.717) is 0 Å². The summed E-state index contributed by atoms with van der Waals surface area (Å²) in [4.78, 5) is 3.85. The maximum absolute atomic E-state index is 3.85. The van der Waals surface area contributed by atoms with E-state index >= 15 is 0 Å². The fraction of sp³-hybridized carbons (Fsp3) is 0. The van der Waals surface area contributed by atoms with Crippen molar-refractivity contribution < 1.29 is 0 Å². The number of nitrogens with zero attached hydrogens (tertiary/aromatic N) is 4. The number of hydrogen-bond donors (Lipinski definition) is 0. The van der Waals surface area contributed by atoms with Crippen LogP contribution in [0.25, 0.3) is 10.7 Å². The minimum Gasteiger partial charge on any atom is -0.210 e. The van der Waals surface area contributed by atoms with E-state index in [0.717, 1.165) is 10.7 Å². The Labute approximate surface area is 64.9 Å². The molecule has 0 saturated carbocycles. The summed E-state index contributed by atoms with van der Waals surface area (Å²) in [5.74, 6) is 0. The highest BCUT2D eigenvalue weighted by Gasteiger charge is 2.02. The minimum atomic E-state index is 0.772. The molecule has 0 amide bonds. The maximum Gasteiger partial charge on any atom is 0.212 e. The first-order valence-corrected chi connectivity index (χ1v) is 4.05. The molecule has 0 atom stereocenters. The first-order valence-electron chi connectivity index (χ1n) is 2.44. The van der Waals surface area contributed by atoms with Gasteiger partial charge in [-0.25, -0.2) is 4.98 Å². The van der Waals surface area contributed by atoms with Crippen molar-refractivity contribution in [1.29, 1.82) is 0 Å². The average molecular weight is 169 g/mol. The van der Waals surface area contributed by atoms with Crippen LogP contribution in [0.3, 0.4) is 0 Å². The fourth-order valence-corrected chi connectivity index (χ4v) is 1.47. The Balaban J connectivity index is 2.48. The zero-order valence-electron chi connectivity index (χ0n) is 4.68. The van der Waals surface area contributed by atoms with E-state index < -0.39 is 0 Å². The Morgan fingerprint density at radius 2 is 2.50 bits per heavy atom. The predicted molar refractivity (Wildman–Crippen MR) is 37.6 cm³/mol. The second-order valence-electron chi connectivity index (χ2n) is 1.49. The van der Waals surface area contributed by atoms with Gasteiger partial charge in [0.05, 0.1) is 0 Å². The van der Waals surface area contributed by atoms with E-state index in [1.54, 1.807) is 0 Å². The summed E-state index contributed by atoms with van der Waals surface area (Å²) >= 11 is 2.57. The molecule has 0 aromatic carbocycles. The fourth-order valence-electron chi connectivity index (χ4n) is 0.512. The molecular formula is C4HN4S2. The van der Waals surface area contributed by atoms with Crippen LogP contribution in [0.2, 0.25) is 0 Å². The molecule has 2 aromatic rings. The van der Waals surface area contributed by atoms with Crippen LogP contribution in [0, 0.1) is 6.33 Å². The Morgan fingerprint density at radius 1 is 1.50 bits per heavy atom. The highest BCUT2D eigenvalue weighted by Crippen LogP contribution is 2.16. The molecule has 6 heteroatoms. The molecule has 4 nitrogen and oxygen atoms in total. The second kappa shape index (κ2) is 2.39. The standard InChI is InChI=1S/C4HN4S2/c1-3(7-8-9-1)4-5-2-6-10-4/h1H. The summed E-state index contributed by atoms with van der Waals surface area (Å²) < 4.78 is 7.42. The molecule has 0 fully saturated rings. The average Bonchev–Trinajstić information content (AvgIpc) is 2.59. The van der Waals surface area contributed by atoms with E-state index in [2.05, 4.69) is 25.3 Å². The Kier molecular flexibility index (Phi) is 1.40. The number of rotatable bonds is 1. The van der Waals surface area contributed by atoms with Crippen molar-refractivity contribution in [2.45, 2.75) is 0 Å². The first-order chi connectivity index (χ1) is 4.97. The first kappa shape index (κ1) is 5.87. The molecule has 0 N–H and O–H groups in total. The lowest BCUT2D eigenvalue weighted by Gasteiger charge is -1.78. The summed E-state index contributed by atoms with van der Waals surface area (Å²) in [6.45, 7) is 0. The normalized spacial score (nSPS) is 10.0. The Morgan fingerprint density at radius 3 is 3.10 bits per heavy atom. The molecule has 0 aliphatic heterocycles. The van der Waals surface area contributed by atoms with Crippen LogP contribution >= 0.6 is 23.1 Å². The lowest BCUT2D eigenvalue weighted by Crippen LogP contribution is -1.73. The van der Waals surface area contributed by atoms with Gasteiger partial charge in [0.25, 0.3) is 0 Å². The predicted octanol–water partition coefficient (Wildman–Crippen LogP) is 0.857. The largest absolute Gasteiger partial charge is 0.212 e. The number of aromatic nitrogens is 4. The van der Waals surface area contributed by atoms with Gasteiger partial charge >= 0.3 is 0 Å². The molecule has 0 saturated heterocycles. The van der Waals surface area contributed by atoms with Gasteiger partial charge < -0.3 is 0 Å². The Hall–Kier alpha value is -0.880. The summed E-state index contributed by atoms with van der Waals surface area (Å²) in [6.07, 6.45) is 2.47. The molecule has 0 aliphatic rings. The highest BCUT2D eigenvalue weighted by atomic mass is 32.1. The minimum absolute atomic E-state index is 0.772. The van der Waals surface area contributed by atoms with Crippen LogP contribution in [0.1, 0.15) is 0 Å². The molecule has 10 heavy (non-hydrogen) atoms. The summed E-state index contributed by atoms with van der Waals surface area (Å²) in [7, 11) is 0. The van der Waals surface area contributed by atoms with Crippen molar-refractivity contribution >= 4 is 23.1 Å². The van der Waals surface area contributed by atoms with Gasteiger partial charge in [-0.3, -0.25) is 0 Å². The van der Waals surface area contributed by atoms with Crippen LogP contribution in [-0.4, -0.2) is 18.9 Å². The van der Waals surface area contributed by atoms with Crippen LogP contribution in [0.4, 0.5) is 0 Å². The van der Waals surface area contributed by atoms with E-state index in [-0.39, 0.29) is 0 Å². The van der Waals surface area contributed by atoms with Crippen molar-refractivity contribution in [3.8, 4) is 10.7 Å². The van der Waals surface area contributed by atoms with Crippen LogP contribution < -0.4 is 0 Å². The molecular weight excluding hydrogens is 168 g/mol.